The number of alkyl halides is 3. The Balaban J connectivity index is 1.47. The van der Waals surface area contributed by atoms with Crippen LogP contribution in [0.4, 0.5) is 13.2 Å². The zero-order chi connectivity index (χ0) is 26.4. The molecule has 0 bridgehead atoms. The monoisotopic (exact) mass is 508 g/mol. The highest BCUT2D eigenvalue weighted by Gasteiger charge is 2.31. The molecule has 0 radical (unpaired) electrons. The summed E-state index contributed by atoms with van der Waals surface area (Å²) in [6, 6.07) is 25.0. The van der Waals surface area contributed by atoms with Crippen molar-refractivity contribution in [2.45, 2.75) is 19.3 Å². The smallest absolute Gasteiger partial charge is 0.492 e. The summed E-state index contributed by atoms with van der Waals surface area (Å²) >= 11 is 0. The summed E-state index contributed by atoms with van der Waals surface area (Å²) in [7, 11) is 1.51. The van der Waals surface area contributed by atoms with Crippen LogP contribution in [0.2, 0.25) is 0 Å². The molecule has 2 N–H and O–H groups in total. The highest BCUT2D eigenvalue weighted by molar-refractivity contribution is 5.96. The van der Waals surface area contributed by atoms with Crippen molar-refractivity contribution in [1.82, 2.24) is 10.6 Å². The summed E-state index contributed by atoms with van der Waals surface area (Å²) in [5, 5.41) is 8.38. The Labute approximate surface area is 213 Å². The molecule has 1 amide bonds. The summed E-state index contributed by atoms with van der Waals surface area (Å²) in [5.41, 5.74) is 2.50. The van der Waals surface area contributed by atoms with Gasteiger partial charge in [-0.05, 0) is 64.7 Å². The minimum atomic E-state index is -4.80. The van der Waals surface area contributed by atoms with Crippen LogP contribution >= 0.6 is 0 Å². The summed E-state index contributed by atoms with van der Waals surface area (Å²) in [6.07, 6.45) is -4.80. The second kappa shape index (κ2) is 11.3. The normalized spacial score (nSPS) is 12.2. The molecule has 0 aromatic heterocycles. The molecule has 0 heterocycles. The second-order valence-electron chi connectivity index (χ2n) is 8.49. The minimum absolute atomic E-state index is 0.0823. The molecule has 37 heavy (non-hydrogen) atoms. The minimum Gasteiger partial charge on any atom is -0.492 e. The Morgan fingerprint density at radius 3 is 2.41 bits per heavy atom. The molecule has 192 valence electrons. The van der Waals surface area contributed by atoms with Gasteiger partial charge in [0.1, 0.15) is 18.1 Å². The molecule has 0 saturated carbocycles. The number of hydrogen-bond acceptors (Lipinski definition) is 4. The van der Waals surface area contributed by atoms with E-state index in [-0.39, 0.29) is 17.7 Å². The van der Waals surface area contributed by atoms with Gasteiger partial charge in [-0.3, -0.25) is 4.79 Å². The molecule has 1 atom stereocenters. The van der Waals surface area contributed by atoms with Crippen molar-refractivity contribution >= 4 is 16.7 Å². The molecule has 0 aliphatic carbocycles. The number of ether oxygens (including phenoxy) is 2. The Bertz CT molecular complexity index is 1380. The number of rotatable bonds is 9. The summed E-state index contributed by atoms with van der Waals surface area (Å²) < 4.78 is 48.0. The van der Waals surface area contributed by atoms with Crippen LogP contribution in [0.1, 0.15) is 28.9 Å². The van der Waals surface area contributed by atoms with E-state index in [0.717, 1.165) is 0 Å². The number of amides is 1. The van der Waals surface area contributed by atoms with Crippen molar-refractivity contribution in [1.29, 1.82) is 0 Å². The lowest BCUT2D eigenvalue weighted by atomic mass is 10.00. The first-order chi connectivity index (χ1) is 17.7. The number of halogens is 3. The van der Waals surface area contributed by atoms with Gasteiger partial charge < -0.3 is 20.1 Å². The maximum Gasteiger partial charge on any atom is 0.573 e. The molecular formula is C29H27F3N2O3. The van der Waals surface area contributed by atoms with Crippen molar-refractivity contribution in [3.05, 3.63) is 96.1 Å². The third-order valence-electron chi connectivity index (χ3n) is 5.91. The zero-order valence-electron chi connectivity index (χ0n) is 20.4. The molecule has 0 spiro atoms. The Hall–Kier alpha value is -4.04. The van der Waals surface area contributed by atoms with Crippen molar-refractivity contribution in [2.24, 2.45) is 0 Å². The highest BCUT2D eigenvalue weighted by Crippen LogP contribution is 2.31. The van der Waals surface area contributed by atoms with Crippen LogP contribution in [0.25, 0.3) is 21.9 Å². The van der Waals surface area contributed by atoms with Crippen molar-refractivity contribution in [2.75, 3.05) is 20.2 Å². The number of fused-ring (bicyclic) bond motifs is 1. The van der Waals surface area contributed by atoms with E-state index in [2.05, 4.69) is 46.6 Å². The van der Waals surface area contributed by atoms with Crippen LogP contribution in [0.15, 0.2) is 84.9 Å². The van der Waals surface area contributed by atoms with Crippen LogP contribution in [0.3, 0.4) is 0 Å². The maximum atomic E-state index is 12.7. The predicted octanol–water partition coefficient (Wildman–Crippen LogP) is 6.49. The fourth-order valence-corrected chi connectivity index (χ4v) is 4.18. The lowest BCUT2D eigenvalue weighted by Crippen LogP contribution is -2.24. The van der Waals surface area contributed by atoms with E-state index in [4.69, 9.17) is 4.74 Å². The van der Waals surface area contributed by atoms with Crippen molar-refractivity contribution in [3.8, 4) is 22.6 Å². The average molecular weight is 509 g/mol. The number of carbonyl (C=O) groups is 1. The van der Waals surface area contributed by atoms with Gasteiger partial charge in [0.2, 0.25) is 0 Å². The molecule has 4 rings (SSSR count). The van der Waals surface area contributed by atoms with E-state index in [9.17, 15) is 18.0 Å². The summed E-state index contributed by atoms with van der Waals surface area (Å²) in [6.45, 7) is 2.95. The fraction of sp³-hybridized carbons (Fsp3) is 0.207. The number of nitrogens with one attached hydrogen (secondary N) is 2. The molecule has 8 heteroatoms. The first-order valence-electron chi connectivity index (χ1n) is 11.8. The second-order valence-corrected chi connectivity index (χ2v) is 8.49. The predicted molar refractivity (Wildman–Crippen MR) is 138 cm³/mol. The van der Waals surface area contributed by atoms with Gasteiger partial charge in [-0.15, -0.1) is 13.2 Å². The molecule has 4 aromatic rings. The summed E-state index contributed by atoms with van der Waals surface area (Å²) in [4.78, 5) is 12.3. The third-order valence-corrected chi connectivity index (χ3v) is 5.91. The van der Waals surface area contributed by atoms with E-state index in [1.54, 1.807) is 24.3 Å². The lowest BCUT2D eigenvalue weighted by molar-refractivity contribution is -0.274. The topological polar surface area (TPSA) is 59.6 Å². The van der Waals surface area contributed by atoms with Crippen LogP contribution in [-0.4, -0.2) is 32.5 Å². The standard InChI is InChI=1S/C29H27F3N2O3/c1-19(26-12-6-8-20-7-3-4-11-27(20)26)34-13-14-36-25-17-22(15-23(18-25)28(35)33-2)21-9-5-10-24(16-21)37-29(30,31)32/h3-12,15-19,34H,13-14H2,1-2H3,(H,33,35)/t19-/m1/s1. The number of hydrogen-bond donors (Lipinski definition) is 2. The molecule has 4 aromatic carbocycles. The number of benzene rings is 4. The first-order valence-corrected chi connectivity index (χ1v) is 11.8. The number of carbonyl (C=O) groups excluding carboxylic acids is 1. The van der Waals surface area contributed by atoms with Gasteiger partial charge in [0, 0.05) is 25.2 Å². The van der Waals surface area contributed by atoms with Gasteiger partial charge >= 0.3 is 6.36 Å². The van der Waals surface area contributed by atoms with E-state index in [0.29, 0.717) is 35.6 Å². The molecule has 0 saturated heterocycles. The molecule has 0 aliphatic heterocycles. The fourth-order valence-electron chi connectivity index (χ4n) is 4.18. The van der Waals surface area contributed by atoms with Crippen LogP contribution in [0, 0.1) is 0 Å². The summed E-state index contributed by atoms with van der Waals surface area (Å²) in [5.74, 6) is -0.251. The Morgan fingerprint density at radius 1 is 0.892 bits per heavy atom. The highest BCUT2D eigenvalue weighted by atomic mass is 19.4. The van der Waals surface area contributed by atoms with Gasteiger partial charge in [-0.1, -0.05) is 54.6 Å². The van der Waals surface area contributed by atoms with Crippen molar-refractivity contribution in [3.63, 3.8) is 0 Å². The van der Waals surface area contributed by atoms with Gasteiger partial charge in [-0.2, -0.15) is 0 Å². The van der Waals surface area contributed by atoms with Crippen LogP contribution in [0.5, 0.6) is 11.5 Å². The SMILES string of the molecule is CNC(=O)c1cc(OCCN[C@H](C)c2cccc3ccccc23)cc(-c2cccc(OC(F)(F)F)c2)c1. The molecule has 0 unspecified atom stereocenters. The van der Waals surface area contributed by atoms with Gasteiger partial charge in [0.05, 0.1) is 0 Å². The van der Waals surface area contributed by atoms with E-state index in [1.807, 2.05) is 18.2 Å². The zero-order valence-corrected chi connectivity index (χ0v) is 20.4. The van der Waals surface area contributed by atoms with Gasteiger partial charge in [0.25, 0.3) is 5.91 Å². The quantitative estimate of drug-likeness (QED) is 0.254. The first kappa shape index (κ1) is 26.0. The van der Waals surface area contributed by atoms with E-state index >= 15 is 0 Å². The molecular weight excluding hydrogens is 481 g/mol. The van der Waals surface area contributed by atoms with Gasteiger partial charge in [0.15, 0.2) is 0 Å². The third kappa shape index (κ3) is 6.80. The molecule has 0 aliphatic rings. The van der Waals surface area contributed by atoms with E-state index < -0.39 is 6.36 Å². The van der Waals surface area contributed by atoms with E-state index in [1.165, 1.54) is 41.6 Å². The molecule has 0 fully saturated rings. The average Bonchev–Trinajstić information content (AvgIpc) is 2.89. The largest absolute Gasteiger partial charge is 0.573 e. The van der Waals surface area contributed by atoms with Crippen molar-refractivity contribution < 1.29 is 27.4 Å². The molecule has 5 nitrogen and oxygen atoms in total. The Kier molecular flexibility index (Phi) is 7.98. The van der Waals surface area contributed by atoms with Gasteiger partial charge in [-0.25, -0.2) is 0 Å². The Morgan fingerprint density at radius 2 is 1.62 bits per heavy atom. The van der Waals surface area contributed by atoms with Crippen LogP contribution in [-0.2, 0) is 0 Å². The maximum absolute atomic E-state index is 12.7. The lowest BCUT2D eigenvalue weighted by Gasteiger charge is -2.17. The van der Waals surface area contributed by atoms with Crippen LogP contribution < -0.4 is 20.1 Å².